The zero-order valence-corrected chi connectivity index (χ0v) is 13.8. The monoisotopic (exact) mass is 339 g/mol. The number of ether oxygens (including phenoxy) is 1. The maximum Gasteiger partial charge on any atom is 0.125 e. The summed E-state index contributed by atoms with van der Waals surface area (Å²) >= 11 is 5.34. The van der Waals surface area contributed by atoms with Gasteiger partial charge in [0.1, 0.15) is 5.75 Å². The summed E-state index contributed by atoms with van der Waals surface area (Å²) in [6.45, 7) is 2.18. The second-order valence-electron chi connectivity index (χ2n) is 4.27. The highest BCUT2D eigenvalue weighted by Crippen LogP contribution is 2.35. The van der Waals surface area contributed by atoms with Crippen LogP contribution in [0.25, 0.3) is 0 Å². The third-order valence-corrected chi connectivity index (χ3v) is 4.90. The molecule has 1 aromatic heterocycles. The highest BCUT2D eigenvalue weighted by Gasteiger charge is 2.18. The van der Waals surface area contributed by atoms with E-state index in [-0.39, 0.29) is 6.04 Å². The summed E-state index contributed by atoms with van der Waals surface area (Å²) < 4.78 is 6.53. The van der Waals surface area contributed by atoms with E-state index in [1.807, 2.05) is 24.5 Å². The van der Waals surface area contributed by atoms with Crippen LogP contribution in [0.4, 0.5) is 0 Å². The van der Waals surface area contributed by atoms with Gasteiger partial charge in [-0.1, -0.05) is 28.9 Å². The molecule has 0 saturated carbocycles. The van der Waals surface area contributed by atoms with Crippen LogP contribution in [0.2, 0.25) is 0 Å². The minimum absolute atomic E-state index is 0.174. The average molecular weight is 340 g/mol. The van der Waals surface area contributed by atoms with E-state index in [4.69, 9.17) is 4.74 Å². The molecular formula is C15H18BrNOS. The number of aryl methyl sites for hydroxylation is 1. The number of thiophene rings is 1. The molecule has 0 radical (unpaired) electrons. The fraction of sp³-hybridized carbons (Fsp3) is 0.333. The van der Waals surface area contributed by atoms with Crippen molar-refractivity contribution in [3.63, 3.8) is 0 Å². The van der Waals surface area contributed by atoms with Gasteiger partial charge in [0.05, 0.1) is 13.2 Å². The number of nitrogens with one attached hydrogen (secondary N) is 1. The standard InChI is InChI=1S/C15H18BrNOS/c1-4-11-6-8-14(19-11)15(17-2)12-7-5-10(16)9-13(12)18-3/h5-9,15,17H,4H2,1-3H3. The Morgan fingerprint density at radius 3 is 2.68 bits per heavy atom. The highest BCUT2D eigenvalue weighted by atomic mass is 79.9. The number of methoxy groups -OCH3 is 1. The predicted molar refractivity (Wildman–Crippen MR) is 85.3 cm³/mol. The van der Waals surface area contributed by atoms with E-state index in [0.717, 1.165) is 22.2 Å². The molecule has 1 heterocycles. The van der Waals surface area contributed by atoms with Gasteiger partial charge < -0.3 is 10.1 Å². The molecule has 1 unspecified atom stereocenters. The molecule has 102 valence electrons. The third-order valence-electron chi connectivity index (χ3n) is 3.11. The van der Waals surface area contributed by atoms with Crippen LogP contribution in [0.15, 0.2) is 34.8 Å². The SMILES string of the molecule is CCc1ccc(C(NC)c2ccc(Br)cc2OC)s1. The Labute approximate surface area is 126 Å². The molecule has 1 atom stereocenters. The van der Waals surface area contributed by atoms with Crippen molar-refractivity contribution in [1.29, 1.82) is 0 Å². The van der Waals surface area contributed by atoms with E-state index in [2.05, 4.69) is 52.4 Å². The third kappa shape index (κ3) is 3.19. The van der Waals surface area contributed by atoms with Crippen LogP contribution < -0.4 is 10.1 Å². The summed E-state index contributed by atoms with van der Waals surface area (Å²) in [4.78, 5) is 2.73. The summed E-state index contributed by atoms with van der Waals surface area (Å²) in [5.74, 6) is 0.903. The largest absolute Gasteiger partial charge is 0.496 e. The van der Waals surface area contributed by atoms with Crippen molar-refractivity contribution in [2.45, 2.75) is 19.4 Å². The van der Waals surface area contributed by atoms with Crippen molar-refractivity contribution in [3.8, 4) is 5.75 Å². The van der Waals surface area contributed by atoms with Crippen LogP contribution >= 0.6 is 27.3 Å². The number of rotatable bonds is 5. The van der Waals surface area contributed by atoms with E-state index < -0.39 is 0 Å². The predicted octanol–water partition coefficient (Wildman–Crippen LogP) is 4.39. The van der Waals surface area contributed by atoms with Gasteiger partial charge in [-0.15, -0.1) is 11.3 Å². The topological polar surface area (TPSA) is 21.3 Å². The second-order valence-corrected chi connectivity index (χ2v) is 6.38. The number of halogens is 1. The number of hydrogen-bond donors (Lipinski definition) is 1. The molecule has 0 saturated heterocycles. The molecule has 2 rings (SSSR count). The van der Waals surface area contributed by atoms with Gasteiger partial charge in [-0.05, 0) is 37.7 Å². The van der Waals surface area contributed by atoms with Gasteiger partial charge in [0.15, 0.2) is 0 Å². The van der Waals surface area contributed by atoms with Gasteiger partial charge in [-0.3, -0.25) is 0 Å². The maximum atomic E-state index is 5.50. The molecule has 0 aliphatic heterocycles. The first-order valence-electron chi connectivity index (χ1n) is 6.29. The first-order chi connectivity index (χ1) is 9.19. The Hall–Kier alpha value is -0.840. The average Bonchev–Trinajstić information content (AvgIpc) is 2.89. The van der Waals surface area contributed by atoms with Crippen LogP contribution in [0, 0.1) is 0 Å². The van der Waals surface area contributed by atoms with Gasteiger partial charge in [0.2, 0.25) is 0 Å². The molecule has 0 amide bonds. The molecular weight excluding hydrogens is 322 g/mol. The summed E-state index contributed by atoms with van der Waals surface area (Å²) in [6, 6.07) is 10.7. The Bertz CT molecular complexity index is 553. The maximum absolute atomic E-state index is 5.50. The molecule has 0 aliphatic carbocycles. The van der Waals surface area contributed by atoms with Crippen LogP contribution in [0.1, 0.15) is 28.3 Å². The van der Waals surface area contributed by atoms with Crippen molar-refractivity contribution in [1.82, 2.24) is 5.32 Å². The Morgan fingerprint density at radius 2 is 2.11 bits per heavy atom. The lowest BCUT2D eigenvalue weighted by Gasteiger charge is -2.18. The molecule has 2 nitrogen and oxygen atoms in total. The number of benzene rings is 1. The van der Waals surface area contributed by atoms with Crippen molar-refractivity contribution < 1.29 is 4.74 Å². The minimum atomic E-state index is 0.174. The molecule has 19 heavy (non-hydrogen) atoms. The van der Waals surface area contributed by atoms with Gasteiger partial charge in [0, 0.05) is 19.8 Å². The van der Waals surface area contributed by atoms with Crippen molar-refractivity contribution in [3.05, 3.63) is 50.1 Å². The normalized spacial score (nSPS) is 12.4. The first-order valence-corrected chi connectivity index (χ1v) is 7.89. The fourth-order valence-electron chi connectivity index (χ4n) is 2.11. The number of hydrogen-bond acceptors (Lipinski definition) is 3. The lowest BCUT2D eigenvalue weighted by molar-refractivity contribution is 0.405. The van der Waals surface area contributed by atoms with Gasteiger partial charge in [-0.25, -0.2) is 0 Å². The Kier molecular flexibility index (Phi) is 5.02. The summed E-state index contributed by atoms with van der Waals surface area (Å²) in [5.41, 5.74) is 1.16. The molecule has 1 N–H and O–H groups in total. The fourth-order valence-corrected chi connectivity index (χ4v) is 3.54. The summed E-state index contributed by atoms with van der Waals surface area (Å²) in [5, 5.41) is 3.38. The minimum Gasteiger partial charge on any atom is -0.496 e. The summed E-state index contributed by atoms with van der Waals surface area (Å²) in [6.07, 6.45) is 1.08. The van der Waals surface area contributed by atoms with E-state index in [1.165, 1.54) is 9.75 Å². The van der Waals surface area contributed by atoms with Crippen LogP contribution in [0.5, 0.6) is 5.75 Å². The Balaban J connectivity index is 2.41. The second kappa shape index (κ2) is 6.55. The highest BCUT2D eigenvalue weighted by molar-refractivity contribution is 9.10. The Morgan fingerprint density at radius 1 is 1.32 bits per heavy atom. The van der Waals surface area contributed by atoms with Crippen LogP contribution in [-0.2, 0) is 6.42 Å². The molecule has 0 aliphatic rings. The summed E-state index contributed by atoms with van der Waals surface area (Å²) in [7, 11) is 3.70. The van der Waals surface area contributed by atoms with Crippen molar-refractivity contribution >= 4 is 27.3 Å². The van der Waals surface area contributed by atoms with E-state index >= 15 is 0 Å². The van der Waals surface area contributed by atoms with Crippen LogP contribution in [0.3, 0.4) is 0 Å². The molecule has 4 heteroatoms. The molecule has 1 aromatic carbocycles. The van der Waals surface area contributed by atoms with E-state index in [1.54, 1.807) is 7.11 Å². The smallest absolute Gasteiger partial charge is 0.125 e. The van der Waals surface area contributed by atoms with Crippen molar-refractivity contribution in [2.24, 2.45) is 0 Å². The van der Waals surface area contributed by atoms with Crippen molar-refractivity contribution in [2.75, 3.05) is 14.2 Å². The molecule has 0 fully saturated rings. The first kappa shape index (κ1) is 14.6. The zero-order valence-electron chi connectivity index (χ0n) is 11.4. The van der Waals surface area contributed by atoms with E-state index in [9.17, 15) is 0 Å². The van der Waals surface area contributed by atoms with Crippen LogP contribution in [-0.4, -0.2) is 14.2 Å². The van der Waals surface area contributed by atoms with Gasteiger partial charge in [0.25, 0.3) is 0 Å². The molecule has 0 bridgehead atoms. The quantitative estimate of drug-likeness (QED) is 0.872. The zero-order chi connectivity index (χ0) is 13.8. The van der Waals surface area contributed by atoms with Gasteiger partial charge in [-0.2, -0.15) is 0 Å². The lowest BCUT2D eigenvalue weighted by Crippen LogP contribution is -2.17. The van der Waals surface area contributed by atoms with Gasteiger partial charge >= 0.3 is 0 Å². The molecule has 2 aromatic rings. The molecule has 0 spiro atoms. The lowest BCUT2D eigenvalue weighted by atomic mass is 10.0. The van der Waals surface area contributed by atoms with E-state index in [0.29, 0.717) is 0 Å².